The number of nitrogens with one attached hydrogen (secondary N) is 4. The lowest BCUT2D eigenvalue weighted by Gasteiger charge is -2.28. The Bertz CT molecular complexity index is 928. The summed E-state index contributed by atoms with van der Waals surface area (Å²) < 4.78 is 10.7. The highest BCUT2D eigenvalue weighted by Gasteiger charge is 2.54. The van der Waals surface area contributed by atoms with E-state index in [0.29, 0.717) is 29.1 Å². The zero-order valence-corrected chi connectivity index (χ0v) is 15.7. The molecule has 0 radical (unpaired) electrons. The van der Waals surface area contributed by atoms with E-state index in [1.54, 1.807) is 32.4 Å². The van der Waals surface area contributed by atoms with Crippen molar-refractivity contribution >= 4 is 28.7 Å². The minimum Gasteiger partial charge on any atom is -0.496 e. The average Bonchev–Trinajstić information content (AvgIpc) is 3.37. The van der Waals surface area contributed by atoms with Crippen LogP contribution < -0.4 is 25.4 Å². The van der Waals surface area contributed by atoms with Gasteiger partial charge in [0.25, 0.3) is 11.8 Å². The summed E-state index contributed by atoms with van der Waals surface area (Å²) in [4.78, 5) is 39.6. The van der Waals surface area contributed by atoms with Crippen molar-refractivity contribution in [2.24, 2.45) is 5.92 Å². The molecule has 2 heterocycles. The molecule has 1 saturated carbocycles. The first kappa shape index (κ1) is 18.1. The Labute approximate surface area is 161 Å². The molecule has 9 nitrogen and oxygen atoms in total. The maximum atomic E-state index is 12.7. The van der Waals surface area contributed by atoms with Crippen LogP contribution in [0.2, 0.25) is 0 Å². The number of ether oxygens (including phenoxy) is 2. The summed E-state index contributed by atoms with van der Waals surface area (Å²) in [5.74, 6) is 0.471. The number of hydrogen-bond acceptors (Lipinski definition) is 5. The van der Waals surface area contributed by atoms with Crippen molar-refractivity contribution in [3.8, 4) is 11.5 Å². The first-order valence-electron chi connectivity index (χ1n) is 9.14. The lowest BCUT2D eigenvalue weighted by Crippen LogP contribution is -2.53. The summed E-state index contributed by atoms with van der Waals surface area (Å²) in [6.07, 6.45) is 2.14. The molecule has 28 heavy (non-hydrogen) atoms. The van der Waals surface area contributed by atoms with Gasteiger partial charge in [-0.05, 0) is 31.0 Å². The van der Waals surface area contributed by atoms with Gasteiger partial charge in [-0.1, -0.05) is 6.42 Å². The third-order valence-corrected chi connectivity index (χ3v) is 5.70. The van der Waals surface area contributed by atoms with Gasteiger partial charge in [0.05, 0.1) is 19.7 Å². The number of aromatic amines is 1. The fourth-order valence-electron chi connectivity index (χ4n) is 4.27. The van der Waals surface area contributed by atoms with E-state index < -0.39 is 11.6 Å². The van der Waals surface area contributed by atoms with Gasteiger partial charge in [0, 0.05) is 17.8 Å². The quantitative estimate of drug-likeness (QED) is 0.577. The van der Waals surface area contributed by atoms with Gasteiger partial charge in [-0.2, -0.15) is 0 Å². The second kappa shape index (κ2) is 6.74. The Morgan fingerprint density at radius 1 is 1.25 bits per heavy atom. The van der Waals surface area contributed by atoms with Gasteiger partial charge in [0.15, 0.2) is 0 Å². The minimum absolute atomic E-state index is 0.156. The predicted molar refractivity (Wildman–Crippen MR) is 100 cm³/mol. The largest absolute Gasteiger partial charge is 0.496 e. The highest BCUT2D eigenvalue weighted by Crippen LogP contribution is 2.38. The lowest BCUT2D eigenvalue weighted by molar-refractivity contribution is -0.125. The number of carbonyl (C=O) groups is 3. The van der Waals surface area contributed by atoms with E-state index in [0.717, 1.165) is 18.2 Å². The van der Waals surface area contributed by atoms with Crippen molar-refractivity contribution in [3.63, 3.8) is 0 Å². The Hall–Kier alpha value is -3.23. The predicted octanol–water partition coefficient (Wildman–Crippen LogP) is 1.29. The van der Waals surface area contributed by atoms with Crippen LogP contribution in [0.1, 0.15) is 29.8 Å². The van der Waals surface area contributed by atoms with Crippen molar-refractivity contribution in [2.75, 3.05) is 20.8 Å². The number of rotatable bonds is 5. The number of imide groups is 1. The van der Waals surface area contributed by atoms with Gasteiger partial charge in [-0.25, -0.2) is 4.79 Å². The highest BCUT2D eigenvalue weighted by molar-refractivity contribution is 6.07. The number of urea groups is 1. The van der Waals surface area contributed by atoms with Gasteiger partial charge in [0.2, 0.25) is 0 Å². The zero-order chi connectivity index (χ0) is 19.9. The molecule has 148 valence electrons. The number of fused-ring (bicyclic) bond motifs is 1. The Kier molecular flexibility index (Phi) is 4.37. The molecular formula is C19H22N4O5. The molecular weight excluding hydrogens is 364 g/mol. The van der Waals surface area contributed by atoms with Crippen LogP contribution in [0.15, 0.2) is 18.2 Å². The molecule has 4 amide bonds. The number of benzene rings is 1. The maximum absolute atomic E-state index is 12.7. The molecule has 1 saturated heterocycles. The van der Waals surface area contributed by atoms with Gasteiger partial charge in [-0.3, -0.25) is 14.9 Å². The van der Waals surface area contributed by atoms with Crippen LogP contribution in [-0.2, 0) is 4.79 Å². The molecule has 1 aromatic heterocycles. The molecule has 2 aliphatic rings. The molecule has 1 aromatic carbocycles. The fourth-order valence-corrected chi connectivity index (χ4v) is 4.27. The molecule has 9 heteroatoms. The molecule has 1 spiro atoms. The Morgan fingerprint density at radius 3 is 2.68 bits per heavy atom. The van der Waals surface area contributed by atoms with E-state index in [1.807, 2.05) is 0 Å². The molecule has 2 atom stereocenters. The number of H-pyrrole nitrogens is 1. The average molecular weight is 386 g/mol. The first-order chi connectivity index (χ1) is 13.5. The maximum Gasteiger partial charge on any atom is 0.322 e. The fraction of sp³-hybridized carbons (Fsp3) is 0.421. The van der Waals surface area contributed by atoms with Gasteiger partial charge >= 0.3 is 6.03 Å². The summed E-state index contributed by atoms with van der Waals surface area (Å²) in [5.41, 5.74) is 0.119. The minimum atomic E-state index is -0.919. The van der Waals surface area contributed by atoms with Crippen molar-refractivity contribution in [3.05, 3.63) is 23.9 Å². The van der Waals surface area contributed by atoms with E-state index in [1.165, 1.54) is 0 Å². The van der Waals surface area contributed by atoms with Crippen molar-refractivity contribution in [1.29, 1.82) is 0 Å². The molecule has 0 bridgehead atoms. The second-order valence-corrected chi connectivity index (χ2v) is 7.12. The standard InChI is InChI=1S/C19H22N4O5/c1-27-13-5-6-14(28-2)15-11(13)8-12(21-15)16(24)20-9-10-4-3-7-19(10)17(25)22-18(26)23-19/h5-6,8,10,21H,3-4,7,9H2,1-2H3,(H,20,24)(H2,22,23,25,26). The Morgan fingerprint density at radius 2 is 2.00 bits per heavy atom. The van der Waals surface area contributed by atoms with Crippen molar-refractivity contribution < 1.29 is 23.9 Å². The molecule has 4 rings (SSSR count). The Balaban J connectivity index is 1.53. The van der Waals surface area contributed by atoms with E-state index in [4.69, 9.17) is 9.47 Å². The van der Waals surface area contributed by atoms with Gasteiger partial charge < -0.3 is 25.1 Å². The van der Waals surface area contributed by atoms with Crippen molar-refractivity contribution in [2.45, 2.75) is 24.8 Å². The summed E-state index contributed by atoms with van der Waals surface area (Å²) in [7, 11) is 3.12. The highest BCUT2D eigenvalue weighted by atomic mass is 16.5. The molecule has 1 aliphatic carbocycles. The van der Waals surface area contributed by atoms with Crippen LogP contribution >= 0.6 is 0 Å². The number of amides is 4. The summed E-state index contributed by atoms with van der Waals surface area (Å²) in [5, 5.41) is 8.68. The summed E-state index contributed by atoms with van der Waals surface area (Å²) in [6.45, 7) is 0.288. The van der Waals surface area contributed by atoms with Crippen LogP contribution in [-0.4, -0.2) is 49.1 Å². The topological polar surface area (TPSA) is 122 Å². The smallest absolute Gasteiger partial charge is 0.322 e. The second-order valence-electron chi connectivity index (χ2n) is 7.12. The van der Waals surface area contributed by atoms with Crippen LogP contribution in [0.3, 0.4) is 0 Å². The van der Waals surface area contributed by atoms with Gasteiger partial charge in [-0.15, -0.1) is 0 Å². The summed E-state index contributed by atoms with van der Waals surface area (Å²) >= 11 is 0. The third kappa shape index (κ3) is 2.74. The van der Waals surface area contributed by atoms with E-state index in [9.17, 15) is 14.4 Å². The monoisotopic (exact) mass is 386 g/mol. The number of carbonyl (C=O) groups excluding carboxylic acids is 3. The van der Waals surface area contributed by atoms with E-state index >= 15 is 0 Å². The SMILES string of the molecule is COc1ccc(OC)c2[nH]c(C(=O)NCC3CCCC34NC(=O)NC4=O)cc12. The number of methoxy groups -OCH3 is 2. The number of aromatic nitrogens is 1. The van der Waals surface area contributed by atoms with Crippen LogP contribution in [0.4, 0.5) is 4.79 Å². The molecule has 4 N–H and O–H groups in total. The van der Waals surface area contributed by atoms with Gasteiger partial charge in [0.1, 0.15) is 22.7 Å². The lowest BCUT2D eigenvalue weighted by atomic mass is 9.87. The molecule has 1 aliphatic heterocycles. The number of hydrogen-bond donors (Lipinski definition) is 4. The zero-order valence-electron chi connectivity index (χ0n) is 15.7. The van der Waals surface area contributed by atoms with E-state index in [-0.39, 0.29) is 24.3 Å². The van der Waals surface area contributed by atoms with Crippen LogP contribution in [0.5, 0.6) is 11.5 Å². The first-order valence-corrected chi connectivity index (χ1v) is 9.14. The normalized spacial score (nSPS) is 23.7. The molecule has 2 unspecified atom stereocenters. The molecule has 2 fully saturated rings. The van der Waals surface area contributed by atoms with E-state index in [2.05, 4.69) is 20.9 Å². The third-order valence-electron chi connectivity index (χ3n) is 5.70. The molecule has 2 aromatic rings. The van der Waals surface area contributed by atoms with Crippen LogP contribution in [0, 0.1) is 5.92 Å². The van der Waals surface area contributed by atoms with Crippen molar-refractivity contribution in [1.82, 2.24) is 20.9 Å². The summed E-state index contributed by atoms with van der Waals surface area (Å²) in [6, 6.07) is 4.78. The van der Waals surface area contributed by atoms with Crippen LogP contribution in [0.25, 0.3) is 10.9 Å².